The third-order valence-corrected chi connectivity index (χ3v) is 6.16. The lowest BCUT2D eigenvalue weighted by Gasteiger charge is -2.18. The highest BCUT2D eigenvalue weighted by atomic mass is 32.2. The average molecular weight is 504 g/mol. The SMILES string of the molecule is C/C=C\C(=C/C)C(=O)NC(CCSCC(O)COCC(O)COC1CCCC1)C(=O)OC.CC. The second kappa shape index (κ2) is 20.9. The second-order valence-corrected chi connectivity index (χ2v) is 8.89. The maximum Gasteiger partial charge on any atom is 0.328 e. The van der Waals surface area contributed by atoms with Crippen LogP contribution in [-0.2, 0) is 23.8 Å². The van der Waals surface area contributed by atoms with Crippen molar-refractivity contribution in [3.05, 3.63) is 23.8 Å². The van der Waals surface area contributed by atoms with Crippen molar-refractivity contribution < 1.29 is 34.0 Å². The van der Waals surface area contributed by atoms with E-state index in [1.54, 1.807) is 25.2 Å². The van der Waals surface area contributed by atoms with Crippen LogP contribution in [0.2, 0.25) is 0 Å². The van der Waals surface area contributed by atoms with Crippen LogP contribution >= 0.6 is 11.8 Å². The number of methoxy groups -OCH3 is 1. The molecule has 0 radical (unpaired) electrons. The Kier molecular flexibility index (Phi) is 20.1. The molecule has 0 heterocycles. The fourth-order valence-electron chi connectivity index (χ4n) is 3.27. The van der Waals surface area contributed by atoms with Crippen molar-refractivity contribution in [2.24, 2.45) is 0 Å². The molecule has 0 saturated heterocycles. The summed E-state index contributed by atoms with van der Waals surface area (Å²) in [5.74, 6) is 0.112. The van der Waals surface area contributed by atoms with Crippen molar-refractivity contribution >= 4 is 23.6 Å². The molecular weight excluding hydrogens is 458 g/mol. The molecule has 34 heavy (non-hydrogen) atoms. The molecule has 1 aliphatic carbocycles. The summed E-state index contributed by atoms with van der Waals surface area (Å²) in [5, 5.41) is 22.7. The Balaban J connectivity index is 0.00000529. The van der Waals surface area contributed by atoms with Crippen LogP contribution in [0.15, 0.2) is 23.8 Å². The quantitative estimate of drug-likeness (QED) is 0.127. The van der Waals surface area contributed by atoms with Gasteiger partial charge >= 0.3 is 5.97 Å². The van der Waals surface area contributed by atoms with Gasteiger partial charge in [0.25, 0.3) is 5.91 Å². The van der Waals surface area contributed by atoms with Crippen molar-refractivity contribution in [1.29, 1.82) is 0 Å². The van der Waals surface area contributed by atoms with Crippen LogP contribution in [0.4, 0.5) is 0 Å². The molecule has 0 aromatic heterocycles. The zero-order valence-electron chi connectivity index (χ0n) is 21.5. The minimum Gasteiger partial charge on any atom is -0.467 e. The highest BCUT2D eigenvalue weighted by molar-refractivity contribution is 7.99. The molecule has 3 unspecified atom stereocenters. The van der Waals surface area contributed by atoms with Crippen LogP contribution in [0.25, 0.3) is 0 Å². The van der Waals surface area contributed by atoms with Crippen LogP contribution in [0, 0.1) is 0 Å². The third-order valence-electron chi connectivity index (χ3n) is 5.02. The Morgan fingerprint density at radius 2 is 1.74 bits per heavy atom. The number of hydrogen-bond acceptors (Lipinski definition) is 8. The number of hydrogen-bond donors (Lipinski definition) is 3. The van der Waals surface area contributed by atoms with Gasteiger partial charge in [0.15, 0.2) is 0 Å². The van der Waals surface area contributed by atoms with Gasteiger partial charge < -0.3 is 29.7 Å². The van der Waals surface area contributed by atoms with Crippen LogP contribution in [0.1, 0.15) is 59.8 Å². The molecule has 8 nitrogen and oxygen atoms in total. The summed E-state index contributed by atoms with van der Waals surface area (Å²) >= 11 is 1.45. The van der Waals surface area contributed by atoms with Crippen LogP contribution < -0.4 is 5.32 Å². The second-order valence-electron chi connectivity index (χ2n) is 7.74. The molecule has 3 N–H and O–H groups in total. The minimum absolute atomic E-state index is 0.110. The summed E-state index contributed by atoms with van der Waals surface area (Å²) in [6.45, 7) is 8.04. The summed E-state index contributed by atoms with van der Waals surface area (Å²) in [6, 6.07) is -0.761. The highest BCUT2D eigenvalue weighted by Crippen LogP contribution is 2.20. The van der Waals surface area contributed by atoms with Gasteiger partial charge in [-0.1, -0.05) is 44.9 Å². The Morgan fingerprint density at radius 1 is 1.09 bits per heavy atom. The first kappa shape index (κ1) is 32.6. The Labute approximate surface area is 209 Å². The van der Waals surface area contributed by atoms with Gasteiger partial charge in [-0.05, 0) is 38.9 Å². The first-order valence-electron chi connectivity index (χ1n) is 12.2. The molecule has 1 rings (SSSR count). The van der Waals surface area contributed by atoms with E-state index >= 15 is 0 Å². The maximum absolute atomic E-state index is 12.3. The van der Waals surface area contributed by atoms with Crippen molar-refractivity contribution in [2.45, 2.75) is 84.2 Å². The molecule has 9 heteroatoms. The number of carbonyl (C=O) groups is 2. The summed E-state index contributed by atoms with van der Waals surface area (Å²) in [6.07, 6.45) is 8.79. The van der Waals surface area contributed by atoms with E-state index in [1.807, 2.05) is 20.8 Å². The summed E-state index contributed by atoms with van der Waals surface area (Å²) in [7, 11) is 1.28. The molecule has 0 bridgehead atoms. The van der Waals surface area contributed by atoms with Gasteiger partial charge in [-0.25, -0.2) is 4.79 Å². The number of aliphatic hydroxyl groups excluding tert-OH is 2. The van der Waals surface area contributed by atoms with Crippen LogP contribution in [0.3, 0.4) is 0 Å². The van der Waals surface area contributed by atoms with Crippen molar-refractivity contribution in [3.63, 3.8) is 0 Å². The molecule has 0 aromatic carbocycles. The lowest BCUT2D eigenvalue weighted by molar-refractivity contribution is -0.144. The van der Waals surface area contributed by atoms with E-state index in [9.17, 15) is 19.8 Å². The van der Waals surface area contributed by atoms with Crippen LogP contribution in [0.5, 0.6) is 0 Å². The normalized spacial score (nSPS) is 17.1. The number of thioether (sulfide) groups is 1. The molecule has 1 fully saturated rings. The number of carbonyl (C=O) groups excluding carboxylic acids is 2. The van der Waals surface area contributed by atoms with Crippen molar-refractivity contribution in [3.8, 4) is 0 Å². The summed E-state index contributed by atoms with van der Waals surface area (Å²) in [5.41, 5.74) is 0.470. The van der Waals surface area contributed by atoms with Gasteiger partial charge in [0, 0.05) is 11.3 Å². The number of rotatable bonds is 16. The van der Waals surface area contributed by atoms with Crippen molar-refractivity contribution in [1.82, 2.24) is 5.32 Å². The van der Waals surface area contributed by atoms with E-state index in [0.29, 0.717) is 23.5 Å². The van der Waals surface area contributed by atoms with Gasteiger partial charge in [-0.15, -0.1) is 0 Å². The lowest BCUT2D eigenvalue weighted by Crippen LogP contribution is -2.42. The van der Waals surface area contributed by atoms with E-state index in [0.717, 1.165) is 12.8 Å². The van der Waals surface area contributed by atoms with Gasteiger partial charge in [-0.2, -0.15) is 11.8 Å². The number of ether oxygens (including phenoxy) is 3. The number of nitrogens with one attached hydrogen (secondary N) is 1. The molecular formula is C25H45NO7S. The molecule has 1 saturated carbocycles. The van der Waals surface area contributed by atoms with Gasteiger partial charge in [-0.3, -0.25) is 4.79 Å². The Morgan fingerprint density at radius 3 is 2.32 bits per heavy atom. The van der Waals surface area contributed by atoms with E-state index in [4.69, 9.17) is 14.2 Å². The molecule has 0 aliphatic heterocycles. The number of esters is 1. The molecule has 198 valence electrons. The smallest absolute Gasteiger partial charge is 0.328 e. The standard InChI is InChI=1S/C23H39NO7S.C2H6/c1-4-8-17(5-2)22(27)24-21(23(28)29-3)11-12-32-16-19(26)14-30-13-18(25)15-31-20-9-6-7-10-20;1-2/h4-5,8,18-21,25-26H,6-7,9-16H2,1-3H3,(H,24,27);1-2H3/b8-4-,17-5+;. The Bertz CT molecular complexity index is 606. The molecule has 1 aliphatic rings. The zero-order chi connectivity index (χ0) is 25.8. The monoisotopic (exact) mass is 503 g/mol. The minimum atomic E-state index is -0.761. The average Bonchev–Trinajstić information content (AvgIpc) is 3.37. The predicted molar refractivity (Wildman–Crippen MR) is 137 cm³/mol. The maximum atomic E-state index is 12.3. The lowest BCUT2D eigenvalue weighted by atomic mass is 10.1. The number of allylic oxidation sites excluding steroid dienone is 2. The topological polar surface area (TPSA) is 114 Å². The van der Waals surface area contributed by atoms with Crippen LogP contribution in [-0.4, -0.2) is 84.9 Å². The molecule has 0 aromatic rings. The van der Waals surface area contributed by atoms with Gasteiger partial charge in [0.05, 0.1) is 39.1 Å². The van der Waals surface area contributed by atoms with E-state index in [2.05, 4.69) is 5.32 Å². The van der Waals surface area contributed by atoms with E-state index in [-0.39, 0.29) is 31.8 Å². The molecule has 1 amide bonds. The van der Waals surface area contributed by atoms with E-state index < -0.39 is 24.2 Å². The highest BCUT2D eigenvalue weighted by Gasteiger charge is 2.22. The molecule has 3 atom stereocenters. The van der Waals surface area contributed by atoms with Crippen molar-refractivity contribution in [2.75, 3.05) is 38.4 Å². The summed E-state index contributed by atoms with van der Waals surface area (Å²) < 4.78 is 15.8. The predicted octanol–water partition coefficient (Wildman–Crippen LogP) is 3.01. The van der Waals surface area contributed by atoms with Gasteiger partial charge in [0.2, 0.25) is 0 Å². The third kappa shape index (κ3) is 14.8. The molecule has 0 spiro atoms. The summed E-state index contributed by atoms with van der Waals surface area (Å²) in [4.78, 5) is 24.3. The van der Waals surface area contributed by atoms with E-state index in [1.165, 1.54) is 31.7 Å². The first-order chi connectivity index (χ1) is 16.4. The zero-order valence-corrected chi connectivity index (χ0v) is 22.3. The van der Waals surface area contributed by atoms with Gasteiger partial charge in [0.1, 0.15) is 12.1 Å². The fourth-order valence-corrected chi connectivity index (χ4v) is 4.21. The number of amides is 1. The number of aliphatic hydroxyl groups is 2. The largest absolute Gasteiger partial charge is 0.467 e. The first-order valence-corrected chi connectivity index (χ1v) is 13.4. The Hall–Kier alpha value is -1.39. The fraction of sp³-hybridized carbons (Fsp3) is 0.760.